The zero-order valence-electron chi connectivity index (χ0n) is 27.8. The van der Waals surface area contributed by atoms with E-state index in [0.717, 1.165) is 30.5 Å². The summed E-state index contributed by atoms with van der Waals surface area (Å²) in [6.45, 7) is 5.34. The number of carbonyl (C=O) groups is 2. The van der Waals surface area contributed by atoms with E-state index < -0.39 is 33.5 Å². The molecule has 0 radical (unpaired) electrons. The third-order valence-corrected chi connectivity index (χ3v) is 11.8. The molecular weight excluding hydrogens is 674 g/mol. The molecule has 2 saturated heterocycles. The molecular formula is C34H40ClN5O8S. The van der Waals surface area contributed by atoms with Crippen LogP contribution in [0.4, 0.5) is 10.5 Å². The number of aromatic nitrogens is 1. The number of likely N-dealkylation sites (N-methyl/N-ethyl adjacent to an activating group) is 1. The van der Waals surface area contributed by atoms with Gasteiger partial charge in [-0.3, -0.25) is 9.69 Å². The minimum absolute atomic E-state index is 0.0310. The minimum Gasteiger partial charge on any atom is -0.497 e. The van der Waals surface area contributed by atoms with Crippen LogP contribution < -0.4 is 18.5 Å². The first-order valence-corrected chi connectivity index (χ1v) is 17.9. The number of likely N-dealkylation sites (tertiary alicyclic amines) is 1. The predicted molar refractivity (Wildman–Crippen MR) is 182 cm³/mol. The Morgan fingerprint density at radius 3 is 2.47 bits per heavy atom. The number of hydrogen-bond donors (Lipinski definition) is 1. The number of nitrogens with zero attached hydrogens (tertiary/aromatic N) is 5. The maximum absolute atomic E-state index is 15.6. The summed E-state index contributed by atoms with van der Waals surface area (Å²) in [4.78, 5) is 38.8. The van der Waals surface area contributed by atoms with Gasteiger partial charge in [-0.05, 0) is 63.2 Å². The van der Waals surface area contributed by atoms with Gasteiger partial charge in [-0.2, -0.15) is 0 Å². The molecule has 0 bridgehead atoms. The Kier molecular flexibility index (Phi) is 9.68. The van der Waals surface area contributed by atoms with Gasteiger partial charge in [0.25, 0.3) is 15.9 Å². The lowest BCUT2D eigenvalue weighted by Crippen LogP contribution is -2.64. The van der Waals surface area contributed by atoms with Crippen LogP contribution in [-0.4, -0.2) is 118 Å². The van der Waals surface area contributed by atoms with Crippen LogP contribution in [0.5, 0.6) is 17.4 Å². The molecule has 0 spiro atoms. The number of carbonyl (C=O) groups excluding carboxylic acids is 1. The Morgan fingerprint density at radius 2 is 1.80 bits per heavy atom. The Balaban J connectivity index is 1.63. The van der Waals surface area contributed by atoms with Crippen molar-refractivity contribution in [3.8, 4) is 17.4 Å². The molecule has 4 heterocycles. The SMILES string of the molecule is CCOc1ncccc1C1(C2CC(N3CCN(C)CC3)CCN2C(=O)O)C(=O)N(S(=O)(=O)c2ccc(OC)cc2OC)c2ccc(Cl)cc21. The molecule has 3 unspecified atom stereocenters. The van der Waals surface area contributed by atoms with Crippen molar-refractivity contribution >= 4 is 39.3 Å². The van der Waals surface area contributed by atoms with Crippen LogP contribution in [0.2, 0.25) is 5.02 Å². The van der Waals surface area contributed by atoms with Gasteiger partial charge in [0.1, 0.15) is 21.8 Å². The quantitative estimate of drug-likeness (QED) is 0.345. The van der Waals surface area contributed by atoms with Gasteiger partial charge in [0.05, 0.1) is 32.6 Å². The van der Waals surface area contributed by atoms with E-state index in [1.54, 1.807) is 25.1 Å². The van der Waals surface area contributed by atoms with E-state index in [0.29, 0.717) is 12.2 Å². The number of rotatable bonds is 9. The van der Waals surface area contributed by atoms with Crippen molar-refractivity contribution in [3.05, 3.63) is 70.9 Å². The fraction of sp³-hybridized carbons (Fsp3) is 0.441. The largest absolute Gasteiger partial charge is 0.497 e. The number of methoxy groups -OCH3 is 2. The number of piperidine rings is 1. The predicted octanol–water partition coefficient (Wildman–Crippen LogP) is 3.93. The number of amides is 2. The van der Waals surface area contributed by atoms with Crippen LogP contribution in [0.3, 0.4) is 0 Å². The Labute approximate surface area is 291 Å². The molecule has 15 heteroatoms. The first kappa shape index (κ1) is 34.7. The Hall–Kier alpha value is -4.11. The van der Waals surface area contributed by atoms with Gasteiger partial charge < -0.3 is 29.1 Å². The number of fused-ring (bicyclic) bond motifs is 1. The van der Waals surface area contributed by atoms with Gasteiger partial charge in [0.2, 0.25) is 5.88 Å². The minimum atomic E-state index is -4.69. The summed E-state index contributed by atoms with van der Waals surface area (Å²) in [5.74, 6) is -0.447. The Morgan fingerprint density at radius 1 is 1.04 bits per heavy atom. The van der Waals surface area contributed by atoms with E-state index in [9.17, 15) is 18.3 Å². The third-order valence-electron chi connectivity index (χ3n) is 9.86. The van der Waals surface area contributed by atoms with Crippen LogP contribution >= 0.6 is 11.6 Å². The summed E-state index contributed by atoms with van der Waals surface area (Å²) in [6, 6.07) is 10.9. The van der Waals surface area contributed by atoms with Crippen molar-refractivity contribution in [1.82, 2.24) is 19.7 Å². The van der Waals surface area contributed by atoms with Crippen molar-refractivity contribution in [1.29, 1.82) is 0 Å². The van der Waals surface area contributed by atoms with Crippen molar-refractivity contribution in [3.63, 3.8) is 0 Å². The molecule has 1 aromatic heterocycles. The van der Waals surface area contributed by atoms with Crippen molar-refractivity contribution in [2.24, 2.45) is 0 Å². The summed E-state index contributed by atoms with van der Waals surface area (Å²) >= 11 is 6.65. The van der Waals surface area contributed by atoms with E-state index in [2.05, 4.69) is 21.8 Å². The van der Waals surface area contributed by atoms with Gasteiger partial charge in [0.15, 0.2) is 0 Å². The normalized spacial score (nSPS) is 23.3. The molecule has 2 fully saturated rings. The number of hydrogen-bond acceptors (Lipinski definition) is 10. The van der Waals surface area contributed by atoms with Crippen LogP contribution in [0.15, 0.2) is 59.6 Å². The molecule has 3 aliphatic rings. The van der Waals surface area contributed by atoms with Crippen molar-refractivity contribution in [2.75, 3.05) is 64.9 Å². The second kappa shape index (κ2) is 13.7. The number of benzene rings is 2. The molecule has 6 rings (SSSR count). The second-order valence-corrected chi connectivity index (χ2v) is 14.6. The molecule has 262 valence electrons. The van der Waals surface area contributed by atoms with Gasteiger partial charge in [-0.15, -0.1) is 0 Å². The first-order valence-electron chi connectivity index (χ1n) is 16.1. The number of anilines is 1. The highest BCUT2D eigenvalue weighted by molar-refractivity contribution is 7.93. The van der Waals surface area contributed by atoms with Crippen LogP contribution in [0, 0.1) is 0 Å². The highest BCUT2D eigenvalue weighted by atomic mass is 35.5. The molecule has 1 N–H and O–H groups in total. The summed E-state index contributed by atoms with van der Waals surface area (Å²) in [6.07, 6.45) is 1.08. The molecule has 13 nitrogen and oxygen atoms in total. The summed E-state index contributed by atoms with van der Waals surface area (Å²) in [5, 5.41) is 10.9. The van der Waals surface area contributed by atoms with E-state index in [-0.39, 0.29) is 64.0 Å². The average molecular weight is 714 g/mol. The maximum atomic E-state index is 15.6. The standard InChI is InChI=1S/C34H40ClN5O8S/c1-5-48-31-25(7-6-13-36-31)34(30-20-23(12-14-39(30)33(42)43)38-17-15-37(2)16-18-38)26-19-22(35)8-10-27(26)40(32(34)41)49(44,45)29-11-9-24(46-3)21-28(29)47-4/h6-11,13,19,21,23,30H,5,12,14-18,20H2,1-4H3,(H,42,43). The lowest BCUT2D eigenvalue weighted by molar-refractivity contribution is -0.123. The number of carboxylic acid groups (broad SMARTS) is 1. The highest BCUT2D eigenvalue weighted by Crippen LogP contribution is 2.56. The number of piperazine rings is 1. The summed E-state index contributed by atoms with van der Waals surface area (Å²) in [5.41, 5.74) is -1.38. The van der Waals surface area contributed by atoms with Crippen molar-refractivity contribution in [2.45, 2.75) is 42.2 Å². The highest BCUT2D eigenvalue weighted by Gasteiger charge is 2.64. The topological polar surface area (TPSA) is 142 Å². The number of ether oxygens (including phenoxy) is 3. The monoisotopic (exact) mass is 713 g/mol. The number of halogens is 1. The Bertz CT molecular complexity index is 1850. The summed E-state index contributed by atoms with van der Waals surface area (Å²) < 4.78 is 47.1. The fourth-order valence-corrected chi connectivity index (χ4v) is 9.31. The van der Waals surface area contributed by atoms with Gasteiger partial charge in [0, 0.05) is 67.2 Å². The van der Waals surface area contributed by atoms with E-state index in [1.165, 1.54) is 55.6 Å². The maximum Gasteiger partial charge on any atom is 0.407 e. The molecule has 0 saturated carbocycles. The lowest BCUT2D eigenvalue weighted by atomic mass is 9.66. The van der Waals surface area contributed by atoms with Crippen LogP contribution in [0.1, 0.15) is 30.9 Å². The van der Waals surface area contributed by atoms with Crippen LogP contribution in [0.25, 0.3) is 0 Å². The summed E-state index contributed by atoms with van der Waals surface area (Å²) in [7, 11) is 0.144. The van der Waals surface area contributed by atoms with E-state index >= 15 is 4.79 Å². The number of sulfonamides is 1. The van der Waals surface area contributed by atoms with Gasteiger partial charge >= 0.3 is 6.09 Å². The fourth-order valence-electron chi connectivity index (χ4n) is 7.52. The lowest BCUT2D eigenvalue weighted by Gasteiger charge is -2.50. The smallest absolute Gasteiger partial charge is 0.407 e. The van der Waals surface area contributed by atoms with E-state index in [4.69, 9.17) is 25.8 Å². The van der Waals surface area contributed by atoms with Gasteiger partial charge in [-0.25, -0.2) is 22.5 Å². The molecule has 3 atom stereocenters. The molecule has 3 aliphatic heterocycles. The second-order valence-electron chi connectivity index (χ2n) is 12.4. The molecule has 3 aromatic rings. The third kappa shape index (κ3) is 5.83. The molecule has 2 amide bonds. The molecule has 0 aliphatic carbocycles. The van der Waals surface area contributed by atoms with Crippen molar-refractivity contribution < 1.29 is 37.3 Å². The first-order chi connectivity index (χ1) is 23.5. The van der Waals surface area contributed by atoms with Gasteiger partial charge in [-0.1, -0.05) is 17.7 Å². The molecule has 49 heavy (non-hydrogen) atoms. The van der Waals surface area contributed by atoms with Crippen LogP contribution in [-0.2, 0) is 20.2 Å². The van der Waals surface area contributed by atoms with E-state index in [1.807, 2.05) is 0 Å². The zero-order chi connectivity index (χ0) is 35.1. The number of pyridine rings is 1. The zero-order valence-corrected chi connectivity index (χ0v) is 29.4. The molecule has 2 aromatic carbocycles. The average Bonchev–Trinajstić information content (AvgIpc) is 3.36.